The van der Waals surface area contributed by atoms with Gasteiger partial charge in [0, 0.05) is 25.2 Å². The number of rotatable bonds is 13. The summed E-state index contributed by atoms with van der Waals surface area (Å²) in [5, 5.41) is 10.3. The van der Waals surface area contributed by atoms with Crippen LogP contribution in [-0.2, 0) is 17.0 Å². The molecule has 1 heterocycles. The van der Waals surface area contributed by atoms with Crippen molar-refractivity contribution in [2.45, 2.75) is 37.5 Å². The summed E-state index contributed by atoms with van der Waals surface area (Å²) in [7, 11) is -4.05. The van der Waals surface area contributed by atoms with E-state index in [-0.39, 0.29) is 17.1 Å². The second-order valence-corrected chi connectivity index (χ2v) is 11.8. The molecule has 0 spiro atoms. The van der Waals surface area contributed by atoms with Crippen molar-refractivity contribution in [2.75, 3.05) is 24.3 Å². The van der Waals surface area contributed by atoms with E-state index in [1.807, 2.05) is 30.3 Å². The van der Waals surface area contributed by atoms with Crippen LogP contribution in [-0.4, -0.2) is 67.2 Å². The van der Waals surface area contributed by atoms with Crippen LogP contribution in [0.15, 0.2) is 72.8 Å². The molecular weight excluding hydrogens is 509 g/mol. The molecule has 3 rings (SSSR count). The summed E-state index contributed by atoms with van der Waals surface area (Å²) >= 11 is 1.15. The highest BCUT2D eigenvalue weighted by molar-refractivity contribution is 8.04. The van der Waals surface area contributed by atoms with E-state index in [1.54, 1.807) is 15.9 Å². The van der Waals surface area contributed by atoms with E-state index in [1.165, 1.54) is 30.3 Å². The minimum absolute atomic E-state index is 0.222. The predicted molar refractivity (Wildman–Crippen MR) is 137 cm³/mol. The summed E-state index contributed by atoms with van der Waals surface area (Å²) in [5.74, 6) is -2.95. The lowest BCUT2D eigenvalue weighted by Crippen LogP contribution is -2.35. The molecular formula is C25H31F2N2O5PS. The Labute approximate surface area is 214 Å². The average Bonchev–Trinajstić information content (AvgIpc) is 3.14. The molecule has 1 saturated heterocycles. The highest BCUT2D eigenvalue weighted by Gasteiger charge is 2.40. The van der Waals surface area contributed by atoms with Crippen LogP contribution >= 0.6 is 19.4 Å². The van der Waals surface area contributed by atoms with Crippen LogP contribution in [0, 0.1) is 0 Å². The van der Waals surface area contributed by atoms with Crippen LogP contribution in [0.25, 0.3) is 0 Å². The maximum absolute atomic E-state index is 14.7. The van der Waals surface area contributed by atoms with Crippen LogP contribution in [0.2, 0.25) is 0 Å². The maximum atomic E-state index is 14.7. The third-order valence-electron chi connectivity index (χ3n) is 5.78. The second kappa shape index (κ2) is 12.8. The van der Waals surface area contributed by atoms with Crippen LogP contribution in [0.1, 0.15) is 24.0 Å². The Hall–Kier alpha value is -2.23. The molecule has 7 nitrogen and oxygen atoms in total. The number of carbonyl (C=O) groups excluding carboxylic acids is 1. The van der Waals surface area contributed by atoms with Crippen LogP contribution in [0.5, 0.6) is 0 Å². The lowest BCUT2D eigenvalue weighted by molar-refractivity contribution is -0.0929. The molecule has 0 aliphatic carbocycles. The van der Waals surface area contributed by atoms with E-state index < -0.39 is 25.7 Å². The minimum atomic E-state index is -4.05. The molecule has 0 saturated carbocycles. The minimum Gasteiger partial charge on any atom is -0.382 e. The molecule has 2 aromatic carbocycles. The number of hydrogen-bond donors (Lipinski definition) is 3. The van der Waals surface area contributed by atoms with Gasteiger partial charge in [-0.3, -0.25) is 4.57 Å². The molecule has 3 N–H and O–H groups in total. The van der Waals surface area contributed by atoms with Crippen LogP contribution in [0.4, 0.5) is 13.6 Å². The Morgan fingerprint density at radius 2 is 1.72 bits per heavy atom. The number of aliphatic hydroxyl groups is 1. The molecule has 2 atom stereocenters. The van der Waals surface area contributed by atoms with Gasteiger partial charge in [-0.15, -0.1) is 11.8 Å². The van der Waals surface area contributed by atoms with E-state index in [0.717, 1.165) is 23.4 Å². The molecule has 1 aliphatic heterocycles. The topological polar surface area (TPSA) is 101 Å². The number of benzene rings is 2. The van der Waals surface area contributed by atoms with Crippen LogP contribution < -0.4 is 0 Å². The van der Waals surface area contributed by atoms with Gasteiger partial charge in [-0.2, -0.15) is 8.78 Å². The normalized spacial score (nSPS) is 17.8. The zero-order valence-electron chi connectivity index (χ0n) is 19.7. The number of thioether (sulfide) groups is 1. The largest absolute Gasteiger partial charge is 0.382 e. The SMILES string of the molecule is O=C1N(Cc2ccccc2)C[C@H](C=CC(O)C(F)(F)c2ccccc2)N1CCCCSCP(=O)(O)O. The van der Waals surface area contributed by atoms with E-state index in [4.69, 9.17) is 9.79 Å². The molecule has 0 bridgehead atoms. The highest BCUT2D eigenvalue weighted by Crippen LogP contribution is 2.38. The van der Waals surface area contributed by atoms with Crippen molar-refractivity contribution in [1.29, 1.82) is 0 Å². The summed E-state index contributed by atoms with van der Waals surface area (Å²) in [4.78, 5) is 34.3. The van der Waals surface area contributed by atoms with Gasteiger partial charge in [0.25, 0.3) is 0 Å². The fraction of sp³-hybridized carbons (Fsp3) is 0.400. The van der Waals surface area contributed by atoms with Gasteiger partial charge in [0.15, 0.2) is 0 Å². The number of alkyl halides is 2. The van der Waals surface area contributed by atoms with Crippen molar-refractivity contribution in [2.24, 2.45) is 0 Å². The lowest BCUT2D eigenvalue weighted by atomic mass is 10.0. The van der Waals surface area contributed by atoms with Gasteiger partial charge in [-0.25, -0.2) is 4.79 Å². The van der Waals surface area contributed by atoms with Gasteiger partial charge in [-0.1, -0.05) is 72.8 Å². The van der Waals surface area contributed by atoms with Crippen molar-refractivity contribution < 1.29 is 33.0 Å². The van der Waals surface area contributed by atoms with Gasteiger partial charge >= 0.3 is 19.5 Å². The number of aliphatic hydroxyl groups excluding tert-OH is 1. The Bertz CT molecular complexity index is 1050. The van der Waals surface area contributed by atoms with Crippen molar-refractivity contribution in [3.8, 4) is 0 Å². The van der Waals surface area contributed by atoms with Gasteiger partial charge in [0.05, 0.1) is 11.5 Å². The molecule has 0 radical (unpaired) electrons. The summed E-state index contributed by atoms with van der Waals surface area (Å²) < 4.78 is 40.4. The Kier molecular flexibility index (Phi) is 10.1. The molecule has 1 fully saturated rings. The highest BCUT2D eigenvalue weighted by atomic mass is 32.2. The first kappa shape index (κ1) is 28.3. The molecule has 11 heteroatoms. The second-order valence-electron chi connectivity index (χ2n) is 8.64. The molecule has 1 unspecified atom stereocenters. The number of amides is 2. The van der Waals surface area contributed by atoms with E-state index in [9.17, 15) is 23.2 Å². The zero-order chi connectivity index (χ0) is 26.2. The average molecular weight is 541 g/mol. The lowest BCUT2D eigenvalue weighted by Gasteiger charge is -2.23. The molecule has 1 aliphatic rings. The standard InChI is InChI=1S/C25H31F2N2O5PS/c26-25(27,21-11-5-2-6-12-21)23(30)14-13-22-18-28(17-20-9-3-1-4-10-20)24(31)29(22)15-7-8-16-36-19-35(32,33)34/h1-6,9-14,22-23,30H,7-8,15-19H2,(H2,32,33,34)/t22-,23?/m0/s1. The molecule has 2 aromatic rings. The van der Waals surface area contributed by atoms with Crippen molar-refractivity contribution >= 4 is 25.4 Å². The molecule has 2 amide bonds. The van der Waals surface area contributed by atoms with Crippen molar-refractivity contribution in [1.82, 2.24) is 9.80 Å². The number of carbonyl (C=O) groups is 1. The number of halogens is 2. The van der Waals surface area contributed by atoms with Crippen LogP contribution in [0.3, 0.4) is 0 Å². The first-order chi connectivity index (χ1) is 17.1. The predicted octanol–water partition coefficient (Wildman–Crippen LogP) is 4.65. The fourth-order valence-corrected chi connectivity index (χ4v) is 5.82. The first-order valence-electron chi connectivity index (χ1n) is 11.6. The monoisotopic (exact) mass is 540 g/mol. The molecule has 196 valence electrons. The first-order valence-corrected chi connectivity index (χ1v) is 14.5. The van der Waals surface area contributed by atoms with Gasteiger partial charge < -0.3 is 24.7 Å². The van der Waals surface area contributed by atoms with E-state index in [0.29, 0.717) is 38.2 Å². The third-order valence-corrected chi connectivity index (χ3v) is 8.44. The summed E-state index contributed by atoms with van der Waals surface area (Å²) in [6.45, 7) is 1.03. The molecule has 0 aromatic heterocycles. The van der Waals surface area contributed by atoms with Crippen molar-refractivity contribution in [3.63, 3.8) is 0 Å². The quantitative estimate of drug-likeness (QED) is 0.194. The molecule has 36 heavy (non-hydrogen) atoms. The number of unbranched alkanes of at least 4 members (excludes halogenated alkanes) is 1. The number of urea groups is 1. The number of hydrogen-bond acceptors (Lipinski definition) is 4. The Morgan fingerprint density at radius 1 is 1.08 bits per heavy atom. The zero-order valence-corrected chi connectivity index (χ0v) is 21.4. The number of nitrogens with zero attached hydrogens (tertiary/aromatic N) is 2. The summed E-state index contributed by atoms with van der Waals surface area (Å²) in [5.41, 5.74) is 0.402. The summed E-state index contributed by atoms with van der Waals surface area (Å²) in [6, 6.07) is 15.8. The Balaban J connectivity index is 1.66. The fourth-order valence-electron chi connectivity index (χ4n) is 3.94. The van der Waals surface area contributed by atoms with E-state index >= 15 is 0 Å². The van der Waals surface area contributed by atoms with Gasteiger partial charge in [0.2, 0.25) is 0 Å². The smallest absolute Gasteiger partial charge is 0.335 e. The van der Waals surface area contributed by atoms with E-state index in [2.05, 4.69) is 0 Å². The Morgan fingerprint density at radius 3 is 2.36 bits per heavy atom. The van der Waals surface area contributed by atoms with Gasteiger partial charge in [-0.05, 0) is 24.2 Å². The summed E-state index contributed by atoms with van der Waals surface area (Å²) in [6.07, 6.45) is 1.70. The maximum Gasteiger partial charge on any atom is 0.335 e. The van der Waals surface area contributed by atoms with Crippen molar-refractivity contribution in [3.05, 3.63) is 83.9 Å². The van der Waals surface area contributed by atoms with Gasteiger partial charge in [0.1, 0.15) is 6.10 Å². The third kappa shape index (κ3) is 8.15.